The van der Waals surface area contributed by atoms with Gasteiger partial charge >= 0.3 is 0 Å². The summed E-state index contributed by atoms with van der Waals surface area (Å²) < 4.78 is 13.7. The van der Waals surface area contributed by atoms with Gasteiger partial charge in [-0.1, -0.05) is 86.7 Å². The molecule has 0 aliphatic heterocycles. The zero-order valence-corrected chi connectivity index (χ0v) is 29.3. The SMILES string of the molecule is CNC(C)(C)C/C=C/C(=O)N(C)[C@H](Cc1ccc(-c2ccccc2)cc1)C(=O)N(C)[C@H](Cc1ccc(F)cc1)C(=O)NCC(C)(C)CO. The second-order valence-electron chi connectivity index (χ2n) is 13.8. The number of hydrogen-bond acceptors (Lipinski definition) is 5. The fraction of sp³-hybridized carbons (Fsp3) is 0.410. The molecular formula is C39H51FN4O4. The highest BCUT2D eigenvalue weighted by atomic mass is 19.1. The van der Waals surface area contributed by atoms with Crippen LogP contribution in [0.1, 0.15) is 45.2 Å². The number of carbonyl (C=O) groups is 3. The first-order valence-corrected chi connectivity index (χ1v) is 16.3. The molecule has 0 aliphatic rings. The molecule has 258 valence electrons. The highest BCUT2D eigenvalue weighted by molar-refractivity contribution is 5.95. The summed E-state index contributed by atoms with van der Waals surface area (Å²) in [7, 11) is 5.02. The maximum atomic E-state index is 14.4. The van der Waals surface area contributed by atoms with Crippen LogP contribution in [0.25, 0.3) is 11.1 Å². The molecule has 0 spiro atoms. The smallest absolute Gasteiger partial charge is 0.246 e. The Kier molecular flexibility index (Phi) is 13.6. The molecule has 9 heteroatoms. The Morgan fingerprint density at radius 2 is 1.35 bits per heavy atom. The monoisotopic (exact) mass is 658 g/mol. The van der Waals surface area contributed by atoms with Gasteiger partial charge in [0.15, 0.2) is 0 Å². The first-order valence-electron chi connectivity index (χ1n) is 16.3. The quantitative estimate of drug-likeness (QED) is 0.188. The van der Waals surface area contributed by atoms with E-state index in [0.717, 1.165) is 16.7 Å². The molecule has 3 aromatic carbocycles. The van der Waals surface area contributed by atoms with E-state index in [4.69, 9.17) is 0 Å². The number of halogens is 1. The molecule has 0 aliphatic carbocycles. The lowest BCUT2D eigenvalue weighted by Crippen LogP contribution is -2.56. The molecule has 2 atom stereocenters. The summed E-state index contributed by atoms with van der Waals surface area (Å²) in [6, 6.07) is 21.8. The molecule has 0 unspecified atom stereocenters. The van der Waals surface area contributed by atoms with E-state index in [9.17, 15) is 23.9 Å². The minimum absolute atomic E-state index is 0.128. The summed E-state index contributed by atoms with van der Waals surface area (Å²) in [5, 5.41) is 15.8. The van der Waals surface area contributed by atoms with Gasteiger partial charge < -0.3 is 25.5 Å². The topological polar surface area (TPSA) is 102 Å². The second kappa shape index (κ2) is 17.2. The van der Waals surface area contributed by atoms with E-state index < -0.39 is 35.1 Å². The summed E-state index contributed by atoms with van der Waals surface area (Å²) in [5.74, 6) is -1.56. The number of nitrogens with one attached hydrogen (secondary N) is 2. The van der Waals surface area contributed by atoms with Crippen LogP contribution in [0.2, 0.25) is 0 Å². The molecule has 0 bridgehead atoms. The number of likely N-dealkylation sites (N-methyl/N-ethyl adjacent to an activating group) is 2. The molecule has 3 rings (SSSR count). The summed E-state index contributed by atoms with van der Waals surface area (Å²) in [6.07, 6.45) is 4.23. The van der Waals surface area contributed by atoms with Gasteiger partial charge in [0, 0.05) is 51.0 Å². The van der Waals surface area contributed by atoms with Crippen LogP contribution in [0.4, 0.5) is 4.39 Å². The van der Waals surface area contributed by atoms with Crippen LogP contribution in [-0.2, 0) is 27.2 Å². The van der Waals surface area contributed by atoms with Crippen LogP contribution in [0.15, 0.2) is 91.0 Å². The Labute approximate surface area is 285 Å². The van der Waals surface area contributed by atoms with Crippen molar-refractivity contribution in [1.82, 2.24) is 20.4 Å². The van der Waals surface area contributed by atoms with Gasteiger partial charge in [0.25, 0.3) is 0 Å². The van der Waals surface area contributed by atoms with Crippen molar-refractivity contribution in [2.24, 2.45) is 5.41 Å². The Morgan fingerprint density at radius 3 is 1.92 bits per heavy atom. The average Bonchev–Trinajstić information content (AvgIpc) is 3.09. The van der Waals surface area contributed by atoms with Crippen molar-refractivity contribution in [1.29, 1.82) is 0 Å². The van der Waals surface area contributed by atoms with E-state index in [2.05, 4.69) is 10.6 Å². The maximum Gasteiger partial charge on any atom is 0.246 e. The zero-order chi connectivity index (χ0) is 35.5. The van der Waals surface area contributed by atoms with Crippen LogP contribution in [0.3, 0.4) is 0 Å². The molecular weight excluding hydrogens is 607 g/mol. The van der Waals surface area contributed by atoms with E-state index >= 15 is 0 Å². The summed E-state index contributed by atoms with van der Waals surface area (Å²) >= 11 is 0. The lowest BCUT2D eigenvalue weighted by molar-refractivity contribution is -0.146. The second-order valence-corrected chi connectivity index (χ2v) is 13.8. The van der Waals surface area contributed by atoms with E-state index in [1.807, 2.05) is 89.3 Å². The molecule has 0 saturated heterocycles. The fourth-order valence-corrected chi connectivity index (χ4v) is 5.04. The molecule has 48 heavy (non-hydrogen) atoms. The maximum absolute atomic E-state index is 14.4. The van der Waals surface area contributed by atoms with Crippen molar-refractivity contribution in [2.75, 3.05) is 34.3 Å². The Hall–Kier alpha value is -4.34. The zero-order valence-electron chi connectivity index (χ0n) is 29.3. The molecule has 3 aromatic rings. The average molecular weight is 659 g/mol. The molecule has 3 N–H and O–H groups in total. The number of hydrogen-bond donors (Lipinski definition) is 3. The Bertz CT molecular complexity index is 1520. The highest BCUT2D eigenvalue weighted by Gasteiger charge is 2.35. The van der Waals surface area contributed by atoms with E-state index in [-0.39, 0.29) is 37.4 Å². The third-order valence-electron chi connectivity index (χ3n) is 8.78. The number of aliphatic hydroxyl groups is 1. The van der Waals surface area contributed by atoms with Crippen LogP contribution < -0.4 is 10.6 Å². The number of aliphatic hydroxyl groups excluding tert-OH is 1. The standard InChI is InChI=1S/C39H51FN4O4/c1-38(2,27-45)26-42-36(47)33(24-29-17-21-32(40)22-18-29)44(7)37(48)34(43(6)35(46)14-11-23-39(3,4)41-5)25-28-15-19-31(20-16-28)30-12-9-8-10-13-30/h8-22,33-34,41,45H,23-27H2,1-7H3,(H,42,47)/b14-11+/t33-,34-/m1/s1. The van der Waals surface area contributed by atoms with Crippen molar-refractivity contribution in [3.05, 3.63) is 108 Å². The molecule has 0 radical (unpaired) electrons. The summed E-state index contributed by atoms with van der Waals surface area (Å²) in [4.78, 5) is 44.4. The van der Waals surface area contributed by atoms with Crippen molar-refractivity contribution < 1.29 is 23.9 Å². The first kappa shape index (κ1) is 38.1. The van der Waals surface area contributed by atoms with Crippen LogP contribution >= 0.6 is 0 Å². The van der Waals surface area contributed by atoms with Crippen molar-refractivity contribution in [2.45, 2.75) is 64.6 Å². The van der Waals surface area contributed by atoms with Crippen LogP contribution in [-0.4, -0.2) is 84.5 Å². The van der Waals surface area contributed by atoms with Gasteiger partial charge in [-0.05, 0) is 67.8 Å². The molecule has 0 saturated carbocycles. The Balaban J connectivity index is 1.95. The third kappa shape index (κ3) is 11.1. The van der Waals surface area contributed by atoms with Gasteiger partial charge in [0.1, 0.15) is 17.9 Å². The van der Waals surface area contributed by atoms with Crippen molar-refractivity contribution >= 4 is 17.7 Å². The number of amides is 3. The predicted molar refractivity (Wildman–Crippen MR) is 190 cm³/mol. The fourth-order valence-electron chi connectivity index (χ4n) is 5.04. The normalized spacial score (nSPS) is 13.2. The number of carbonyl (C=O) groups excluding carboxylic acids is 3. The van der Waals surface area contributed by atoms with E-state index in [1.165, 1.54) is 28.0 Å². The molecule has 0 aromatic heterocycles. The number of benzene rings is 3. The molecule has 3 amide bonds. The van der Waals surface area contributed by atoms with Gasteiger partial charge in [-0.25, -0.2) is 4.39 Å². The lowest BCUT2D eigenvalue weighted by atomic mass is 9.94. The van der Waals surface area contributed by atoms with Gasteiger partial charge in [0.2, 0.25) is 17.7 Å². The van der Waals surface area contributed by atoms with Gasteiger partial charge in [-0.3, -0.25) is 14.4 Å². The number of rotatable bonds is 16. The predicted octanol–water partition coefficient (Wildman–Crippen LogP) is 5.01. The first-order chi connectivity index (χ1) is 22.7. The van der Waals surface area contributed by atoms with Gasteiger partial charge in [-0.2, -0.15) is 0 Å². The van der Waals surface area contributed by atoms with Crippen molar-refractivity contribution in [3.63, 3.8) is 0 Å². The van der Waals surface area contributed by atoms with Crippen LogP contribution in [0.5, 0.6) is 0 Å². The minimum atomic E-state index is -0.962. The van der Waals surface area contributed by atoms with E-state index in [0.29, 0.717) is 12.0 Å². The number of nitrogens with zero attached hydrogens (tertiary/aromatic N) is 2. The largest absolute Gasteiger partial charge is 0.396 e. The minimum Gasteiger partial charge on any atom is -0.396 e. The summed E-state index contributed by atoms with van der Waals surface area (Å²) in [5.41, 5.74) is 2.83. The van der Waals surface area contributed by atoms with E-state index in [1.54, 1.807) is 32.3 Å². The summed E-state index contributed by atoms with van der Waals surface area (Å²) in [6.45, 7) is 7.75. The van der Waals surface area contributed by atoms with Crippen LogP contribution in [0, 0.1) is 11.2 Å². The molecule has 0 heterocycles. The van der Waals surface area contributed by atoms with Gasteiger partial charge in [-0.15, -0.1) is 0 Å². The third-order valence-corrected chi connectivity index (χ3v) is 8.78. The highest BCUT2D eigenvalue weighted by Crippen LogP contribution is 2.22. The Morgan fingerprint density at radius 1 is 0.812 bits per heavy atom. The molecule has 8 nitrogen and oxygen atoms in total. The van der Waals surface area contributed by atoms with Gasteiger partial charge in [0.05, 0.1) is 0 Å². The van der Waals surface area contributed by atoms with Crippen molar-refractivity contribution in [3.8, 4) is 11.1 Å². The molecule has 0 fully saturated rings. The lowest BCUT2D eigenvalue weighted by Gasteiger charge is -2.35.